The van der Waals surface area contributed by atoms with Gasteiger partial charge in [-0.2, -0.15) is 0 Å². The number of aromatic nitrogens is 2. The van der Waals surface area contributed by atoms with Crippen LogP contribution in [0.5, 0.6) is 5.75 Å². The molecule has 0 aliphatic rings. The topological polar surface area (TPSA) is 93.5 Å². The molecule has 0 aliphatic carbocycles. The summed E-state index contributed by atoms with van der Waals surface area (Å²) < 4.78 is 7.45. The molecule has 0 bridgehead atoms. The summed E-state index contributed by atoms with van der Waals surface area (Å²) in [4.78, 5) is 29.1. The number of carboxylic acid groups (broad SMARTS) is 1. The lowest BCUT2D eigenvalue weighted by Gasteiger charge is -2.13. The zero-order chi connectivity index (χ0) is 24.4. The van der Waals surface area contributed by atoms with E-state index in [-0.39, 0.29) is 18.0 Å². The number of carbonyl (C=O) groups excluding carboxylic acids is 1. The highest BCUT2D eigenvalue weighted by Gasteiger charge is 2.17. The maximum absolute atomic E-state index is 13.3. The van der Waals surface area contributed by atoms with E-state index in [1.54, 1.807) is 25.3 Å². The van der Waals surface area contributed by atoms with Crippen LogP contribution in [0.15, 0.2) is 85.1 Å². The number of amides is 1. The number of aromatic carboxylic acids is 1. The van der Waals surface area contributed by atoms with Crippen LogP contribution < -0.4 is 10.1 Å². The van der Waals surface area contributed by atoms with Gasteiger partial charge in [0.25, 0.3) is 5.91 Å². The van der Waals surface area contributed by atoms with Crippen LogP contribution in [0.3, 0.4) is 0 Å². The maximum Gasteiger partial charge on any atom is 0.335 e. The first kappa shape index (κ1) is 22.2. The molecule has 174 valence electrons. The van der Waals surface area contributed by atoms with Gasteiger partial charge in [-0.3, -0.25) is 9.78 Å². The third kappa shape index (κ3) is 4.56. The van der Waals surface area contributed by atoms with Crippen molar-refractivity contribution in [1.82, 2.24) is 14.9 Å². The number of nitrogens with zero attached hydrogens (tertiary/aromatic N) is 2. The lowest BCUT2D eigenvalue weighted by molar-refractivity contribution is 0.0696. The van der Waals surface area contributed by atoms with E-state index in [9.17, 15) is 9.59 Å². The SMILES string of the molecule is COc1cc(C(=O)NCc2ccc(C(=O)O)cc2)c2c(ccn2Cc2ccc3ccccc3n2)c1. The lowest BCUT2D eigenvalue weighted by atomic mass is 10.1. The Morgan fingerprint density at radius 3 is 2.54 bits per heavy atom. The molecule has 0 saturated heterocycles. The molecular weight excluding hydrogens is 442 g/mol. The van der Waals surface area contributed by atoms with Crippen LogP contribution in [-0.2, 0) is 13.1 Å². The van der Waals surface area contributed by atoms with E-state index < -0.39 is 5.97 Å². The van der Waals surface area contributed by atoms with Gasteiger partial charge < -0.3 is 19.7 Å². The number of para-hydroxylation sites is 1. The van der Waals surface area contributed by atoms with Crippen LogP contribution in [-0.4, -0.2) is 33.6 Å². The summed E-state index contributed by atoms with van der Waals surface area (Å²) in [6.45, 7) is 0.780. The first-order valence-electron chi connectivity index (χ1n) is 11.1. The van der Waals surface area contributed by atoms with Crippen LogP contribution >= 0.6 is 0 Å². The molecule has 0 spiro atoms. The summed E-state index contributed by atoms with van der Waals surface area (Å²) in [7, 11) is 1.57. The molecule has 0 atom stereocenters. The zero-order valence-electron chi connectivity index (χ0n) is 19.1. The normalized spacial score (nSPS) is 11.0. The molecular formula is C28H23N3O4. The second kappa shape index (κ2) is 9.30. The Hall–Kier alpha value is -4.65. The molecule has 0 aliphatic heterocycles. The molecule has 7 nitrogen and oxygen atoms in total. The minimum Gasteiger partial charge on any atom is -0.497 e. The summed E-state index contributed by atoms with van der Waals surface area (Å²) in [5.74, 6) is -0.640. The van der Waals surface area contributed by atoms with Crippen LogP contribution in [0.4, 0.5) is 0 Å². The van der Waals surface area contributed by atoms with E-state index in [0.717, 1.165) is 33.1 Å². The number of methoxy groups -OCH3 is 1. The molecule has 35 heavy (non-hydrogen) atoms. The number of benzene rings is 3. The molecule has 5 aromatic rings. The number of rotatable bonds is 7. The van der Waals surface area contributed by atoms with Crippen molar-refractivity contribution in [3.05, 3.63) is 107 Å². The second-order valence-electron chi connectivity index (χ2n) is 8.24. The molecule has 0 fully saturated rings. The highest BCUT2D eigenvalue weighted by molar-refractivity contribution is 6.06. The Kier molecular flexibility index (Phi) is 5.89. The Bertz CT molecular complexity index is 1550. The van der Waals surface area contributed by atoms with E-state index in [1.807, 2.05) is 53.2 Å². The number of ether oxygens (including phenoxy) is 1. The smallest absolute Gasteiger partial charge is 0.335 e. The van der Waals surface area contributed by atoms with E-state index in [4.69, 9.17) is 14.8 Å². The summed E-state index contributed by atoms with van der Waals surface area (Å²) in [5, 5.41) is 14.0. The molecule has 0 saturated carbocycles. The largest absolute Gasteiger partial charge is 0.497 e. The molecule has 3 aromatic carbocycles. The molecule has 0 radical (unpaired) electrons. The van der Waals surface area contributed by atoms with Gasteiger partial charge in [-0.25, -0.2) is 4.79 Å². The van der Waals surface area contributed by atoms with Gasteiger partial charge in [-0.05, 0) is 48.0 Å². The highest BCUT2D eigenvalue weighted by atomic mass is 16.5. The van der Waals surface area contributed by atoms with Gasteiger partial charge in [0, 0.05) is 23.5 Å². The van der Waals surface area contributed by atoms with Gasteiger partial charge in [0.1, 0.15) is 5.75 Å². The number of pyridine rings is 1. The number of hydrogen-bond donors (Lipinski definition) is 2. The van der Waals surface area contributed by atoms with Crippen molar-refractivity contribution in [2.75, 3.05) is 7.11 Å². The highest BCUT2D eigenvalue weighted by Crippen LogP contribution is 2.27. The minimum absolute atomic E-state index is 0.203. The number of carboxylic acids is 1. The minimum atomic E-state index is -0.985. The van der Waals surface area contributed by atoms with Gasteiger partial charge >= 0.3 is 5.97 Å². The third-order valence-electron chi connectivity index (χ3n) is 5.96. The van der Waals surface area contributed by atoms with Gasteiger partial charge in [0.2, 0.25) is 0 Å². The fourth-order valence-corrected chi connectivity index (χ4v) is 4.16. The van der Waals surface area contributed by atoms with Crippen molar-refractivity contribution in [3.63, 3.8) is 0 Å². The van der Waals surface area contributed by atoms with E-state index in [1.165, 1.54) is 12.1 Å². The fourth-order valence-electron chi connectivity index (χ4n) is 4.16. The van der Waals surface area contributed by atoms with Gasteiger partial charge in [-0.15, -0.1) is 0 Å². The van der Waals surface area contributed by atoms with Gasteiger partial charge in [0.15, 0.2) is 0 Å². The number of nitrogens with one attached hydrogen (secondary N) is 1. The van der Waals surface area contributed by atoms with Crippen molar-refractivity contribution in [1.29, 1.82) is 0 Å². The summed E-state index contributed by atoms with van der Waals surface area (Å²) in [6.07, 6.45) is 1.95. The van der Waals surface area contributed by atoms with Crippen molar-refractivity contribution < 1.29 is 19.4 Å². The molecule has 0 unspecified atom stereocenters. The summed E-state index contributed by atoms with van der Waals surface area (Å²) >= 11 is 0. The summed E-state index contributed by atoms with van der Waals surface area (Å²) in [5.41, 5.74) is 4.11. The molecule has 5 rings (SSSR count). The molecule has 2 heterocycles. The number of hydrogen-bond acceptors (Lipinski definition) is 4. The van der Waals surface area contributed by atoms with E-state index in [0.29, 0.717) is 17.9 Å². The lowest BCUT2D eigenvalue weighted by Crippen LogP contribution is -2.23. The van der Waals surface area contributed by atoms with Crippen molar-refractivity contribution >= 4 is 33.7 Å². The van der Waals surface area contributed by atoms with Crippen LogP contribution in [0.25, 0.3) is 21.8 Å². The molecule has 1 amide bonds. The first-order chi connectivity index (χ1) is 17.0. The van der Waals surface area contributed by atoms with Crippen molar-refractivity contribution in [2.45, 2.75) is 13.1 Å². The monoisotopic (exact) mass is 465 g/mol. The van der Waals surface area contributed by atoms with Crippen LogP contribution in [0.1, 0.15) is 32.0 Å². The Morgan fingerprint density at radius 1 is 0.971 bits per heavy atom. The Balaban J connectivity index is 1.44. The quantitative estimate of drug-likeness (QED) is 0.358. The van der Waals surface area contributed by atoms with Crippen molar-refractivity contribution in [3.8, 4) is 5.75 Å². The second-order valence-corrected chi connectivity index (χ2v) is 8.24. The standard InChI is InChI=1S/C28H23N3O4/c1-35-23-14-21-12-13-31(17-22-11-10-19-4-2-3-5-25(19)30-22)26(21)24(15-23)27(32)29-16-18-6-8-20(9-7-18)28(33)34/h2-15H,16-17H2,1H3,(H,29,32)(H,33,34). The average molecular weight is 466 g/mol. The van der Waals surface area contributed by atoms with Gasteiger partial charge in [0.05, 0.1) is 41.5 Å². The number of fused-ring (bicyclic) bond motifs is 2. The Labute approximate surface area is 201 Å². The van der Waals surface area contributed by atoms with Crippen molar-refractivity contribution in [2.24, 2.45) is 0 Å². The van der Waals surface area contributed by atoms with Crippen LogP contribution in [0, 0.1) is 0 Å². The van der Waals surface area contributed by atoms with E-state index in [2.05, 4.69) is 11.4 Å². The molecule has 2 N–H and O–H groups in total. The average Bonchev–Trinajstić information content (AvgIpc) is 3.29. The zero-order valence-corrected chi connectivity index (χ0v) is 19.1. The van der Waals surface area contributed by atoms with Gasteiger partial charge in [-0.1, -0.05) is 36.4 Å². The van der Waals surface area contributed by atoms with E-state index >= 15 is 0 Å². The maximum atomic E-state index is 13.3. The summed E-state index contributed by atoms with van der Waals surface area (Å²) in [6, 6.07) is 24.0. The third-order valence-corrected chi connectivity index (χ3v) is 5.96. The predicted molar refractivity (Wildman–Crippen MR) is 134 cm³/mol. The molecule has 7 heteroatoms. The fraction of sp³-hybridized carbons (Fsp3) is 0.107. The van der Waals surface area contributed by atoms with Crippen LogP contribution in [0.2, 0.25) is 0 Å². The Morgan fingerprint density at radius 2 is 1.77 bits per heavy atom. The first-order valence-corrected chi connectivity index (χ1v) is 11.1. The predicted octanol–water partition coefficient (Wildman–Crippen LogP) is 4.87. The molecule has 2 aromatic heterocycles. The number of carbonyl (C=O) groups is 2.